The Labute approximate surface area is 154 Å². The van der Waals surface area contributed by atoms with Gasteiger partial charge in [0.05, 0.1) is 0 Å². The van der Waals surface area contributed by atoms with Crippen molar-refractivity contribution in [3.05, 3.63) is 64.5 Å². The molecule has 0 spiro atoms. The first kappa shape index (κ1) is 17.4. The lowest BCUT2D eigenvalue weighted by atomic mass is 10.1. The van der Waals surface area contributed by atoms with Crippen LogP contribution in [0.4, 0.5) is 5.69 Å². The van der Waals surface area contributed by atoms with E-state index in [1.54, 1.807) is 11.9 Å². The van der Waals surface area contributed by atoms with Gasteiger partial charge in [0.15, 0.2) is 0 Å². The van der Waals surface area contributed by atoms with Crippen molar-refractivity contribution in [3.8, 4) is 11.4 Å². The number of benzene rings is 2. The molecular weight excluding hydrogens is 382 g/mol. The molecular formula is C19H18BrN3O2. The predicted octanol–water partition coefficient (Wildman–Crippen LogP) is 4.40. The Kier molecular flexibility index (Phi) is 5.28. The van der Waals surface area contributed by atoms with Crippen LogP contribution in [-0.4, -0.2) is 23.1 Å². The number of carbonyl (C=O) groups is 1. The van der Waals surface area contributed by atoms with Gasteiger partial charge in [0, 0.05) is 35.6 Å². The second-order valence-electron chi connectivity index (χ2n) is 5.81. The first-order valence-corrected chi connectivity index (χ1v) is 8.74. The lowest BCUT2D eigenvalue weighted by Crippen LogP contribution is -2.26. The van der Waals surface area contributed by atoms with Crippen LogP contribution >= 0.6 is 15.9 Å². The molecule has 128 valence electrons. The molecule has 0 radical (unpaired) electrons. The summed E-state index contributed by atoms with van der Waals surface area (Å²) in [7, 11) is 1.76. The van der Waals surface area contributed by atoms with E-state index in [9.17, 15) is 4.79 Å². The smallest absolute Gasteiger partial charge is 0.227 e. The molecule has 0 atom stereocenters. The topological polar surface area (TPSA) is 59.2 Å². The van der Waals surface area contributed by atoms with Crippen LogP contribution in [0.3, 0.4) is 0 Å². The van der Waals surface area contributed by atoms with Crippen molar-refractivity contribution in [2.45, 2.75) is 19.8 Å². The summed E-state index contributed by atoms with van der Waals surface area (Å²) in [5.41, 5.74) is 2.92. The highest BCUT2D eigenvalue weighted by molar-refractivity contribution is 9.10. The molecule has 1 amide bonds. The lowest BCUT2D eigenvalue weighted by molar-refractivity contribution is -0.118. The molecule has 0 aliphatic carbocycles. The largest absolute Gasteiger partial charge is 0.339 e. The third kappa shape index (κ3) is 4.33. The number of nitrogens with zero attached hydrogens (tertiary/aromatic N) is 3. The van der Waals surface area contributed by atoms with Gasteiger partial charge in [-0.15, -0.1) is 0 Å². The van der Waals surface area contributed by atoms with Gasteiger partial charge in [-0.05, 0) is 31.2 Å². The normalized spacial score (nSPS) is 10.7. The minimum atomic E-state index is -0.00240. The van der Waals surface area contributed by atoms with Crippen molar-refractivity contribution in [3.63, 3.8) is 0 Å². The van der Waals surface area contributed by atoms with Gasteiger partial charge < -0.3 is 9.42 Å². The minimum absolute atomic E-state index is 0.00240. The standard InChI is InChI=1S/C19H18BrN3O2/c1-13-3-5-14(6-4-13)19-21-17(25-22-19)11-12-18(24)23(2)16-9-7-15(20)8-10-16/h3-10H,11-12H2,1-2H3. The SMILES string of the molecule is Cc1ccc(-c2noc(CCC(=O)N(C)c3ccc(Br)cc3)n2)cc1. The second kappa shape index (κ2) is 7.61. The highest BCUT2D eigenvalue weighted by Crippen LogP contribution is 2.19. The Bertz CT molecular complexity index is 857. The molecule has 0 N–H and O–H groups in total. The Hall–Kier alpha value is -2.47. The quantitative estimate of drug-likeness (QED) is 0.637. The fraction of sp³-hybridized carbons (Fsp3) is 0.211. The summed E-state index contributed by atoms with van der Waals surface area (Å²) in [6.45, 7) is 2.03. The summed E-state index contributed by atoms with van der Waals surface area (Å²) >= 11 is 3.39. The zero-order valence-electron chi connectivity index (χ0n) is 14.1. The number of carbonyl (C=O) groups excluding carboxylic acids is 1. The van der Waals surface area contributed by atoms with E-state index in [1.165, 1.54) is 5.56 Å². The van der Waals surface area contributed by atoms with Crippen LogP contribution < -0.4 is 4.90 Å². The summed E-state index contributed by atoms with van der Waals surface area (Å²) < 4.78 is 6.24. The molecule has 3 aromatic rings. The number of aromatic nitrogens is 2. The molecule has 0 aliphatic rings. The predicted molar refractivity (Wildman–Crippen MR) is 100 cm³/mol. The zero-order valence-corrected chi connectivity index (χ0v) is 15.7. The average molecular weight is 400 g/mol. The molecule has 6 heteroatoms. The zero-order chi connectivity index (χ0) is 17.8. The summed E-state index contributed by atoms with van der Waals surface area (Å²) in [5.74, 6) is 1.01. The van der Waals surface area contributed by atoms with Crippen LogP contribution in [0.15, 0.2) is 57.5 Å². The van der Waals surface area contributed by atoms with Crippen molar-refractivity contribution >= 4 is 27.5 Å². The Balaban J connectivity index is 1.60. The number of hydrogen-bond donors (Lipinski definition) is 0. The van der Waals surface area contributed by atoms with E-state index in [4.69, 9.17) is 4.52 Å². The third-order valence-corrected chi connectivity index (χ3v) is 4.45. The van der Waals surface area contributed by atoms with Crippen LogP contribution in [-0.2, 0) is 11.2 Å². The van der Waals surface area contributed by atoms with Crippen LogP contribution in [0.2, 0.25) is 0 Å². The van der Waals surface area contributed by atoms with Gasteiger partial charge in [0.2, 0.25) is 17.6 Å². The van der Waals surface area contributed by atoms with Gasteiger partial charge in [0.25, 0.3) is 0 Å². The van der Waals surface area contributed by atoms with E-state index >= 15 is 0 Å². The Morgan fingerprint density at radius 1 is 1.12 bits per heavy atom. The van der Waals surface area contributed by atoms with Gasteiger partial charge in [-0.3, -0.25) is 4.79 Å². The van der Waals surface area contributed by atoms with Crippen LogP contribution in [0.25, 0.3) is 11.4 Å². The highest BCUT2D eigenvalue weighted by atomic mass is 79.9. The number of rotatable bonds is 5. The van der Waals surface area contributed by atoms with E-state index in [-0.39, 0.29) is 5.91 Å². The summed E-state index contributed by atoms with van der Waals surface area (Å²) in [6, 6.07) is 15.5. The number of amides is 1. The lowest BCUT2D eigenvalue weighted by Gasteiger charge is -2.16. The molecule has 25 heavy (non-hydrogen) atoms. The first-order valence-electron chi connectivity index (χ1n) is 7.94. The first-order chi connectivity index (χ1) is 12.0. The fourth-order valence-corrected chi connectivity index (χ4v) is 2.63. The Morgan fingerprint density at radius 3 is 2.48 bits per heavy atom. The molecule has 0 unspecified atom stereocenters. The monoisotopic (exact) mass is 399 g/mol. The molecule has 0 bridgehead atoms. The molecule has 2 aromatic carbocycles. The van der Waals surface area contributed by atoms with Crippen molar-refractivity contribution in [2.24, 2.45) is 0 Å². The van der Waals surface area contributed by atoms with Crippen molar-refractivity contribution in [1.82, 2.24) is 10.1 Å². The summed E-state index contributed by atoms with van der Waals surface area (Å²) in [4.78, 5) is 18.3. The van der Waals surface area contributed by atoms with E-state index < -0.39 is 0 Å². The second-order valence-corrected chi connectivity index (χ2v) is 6.72. The minimum Gasteiger partial charge on any atom is -0.339 e. The maximum Gasteiger partial charge on any atom is 0.227 e. The number of halogens is 1. The molecule has 1 aromatic heterocycles. The molecule has 5 nitrogen and oxygen atoms in total. The van der Waals surface area contributed by atoms with Crippen LogP contribution in [0.1, 0.15) is 17.9 Å². The van der Waals surface area contributed by atoms with E-state index in [0.29, 0.717) is 24.6 Å². The molecule has 0 saturated heterocycles. The van der Waals surface area contributed by atoms with Gasteiger partial charge >= 0.3 is 0 Å². The van der Waals surface area contributed by atoms with Crippen molar-refractivity contribution < 1.29 is 9.32 Å². The number of anilines is 1. The van der Waals surface area contributed by atoms with E-state index in [1.807, 2.05) is 55.5 Å². The molecule has 0 aliphatic heterocycles. The molecule has 1 heterocycles. The summed E-state index contributed by atoms with van der Waals surface area (Å²) in [6.07, 6.45) is 0.723. The maximum absolute atomic E-state index is 12.3. The molecule has 3 rings (SSSR count). The van der Waals surface area contributed by atoms with Gasteiger partial charge in [0.1, 0.15) is 0 Å². The third-order valence-electron chi connectivity index (χ3n) is 3.92. The van der Waals surface area contributed by atoms with Crippen LogP contribution in [0, 0.1) is 6.92 Å². The van der Waals surface area contributed by atoms with E-state index in [0.717, 1.165) is 15.7 Å². The summed E-state index contributed by atoms with van der Waals surface area (Å²) in [5, 5.41) is 3.99. The highest BCUT2D eigenvalue weighted by Gasteiger charge is 2.14. The average Bonchev–Trinajstić information content (AvgIpc) is 3.09. The van der Waals surface area contributed by atoms with Gasteiger partial charge in [-0.1, -0.05) is 50.9 Å². The molecule has 0 fully saturated rings. The van der Waals surface area contributed by atoms with Crippen LogP contribution in [0.5, 0.6) is 0 Å². The van der Waals surface area contributed by atoms with E-state index in [2.05, 4.69) is 26.1 Å². The number of hydrogen-bond acceptors (Lipinski definition) is 4. The fourth-order valence-electron chi connectivity index (χ4n) is 2.37. The Morgan fingerprint density at radius 2 is 1.80 bits per heavy atom. The maximum atomic E-state index is 12.3. The number of aryl methyl sites for hydroxylation is 2. The van der Waals surface area contributed by atoms with Crippen molar-refractivity contribution in [2.75, 3.05) is 11.9 Å². The van der Waals surface area contributed by atoms with Crippen molar-refractivity contribution in [1.29, 1.82) is 0 Å². The van der Waals surface area contributed by atoms with Gasteiger partial charge in [-0.25, -0.2) is 0 Å². The molecule has 0 saturated carbocycles. The van der Waals surface area contributed by atoms with Gasteiger partial charge in [-0.2, -0.15) is 4.98 Å².